The first kappa shape index (κ1) is 25.5. The molecule has 0 radical (unpaired) electrons. The summed E-state index contributed by atoms with van der Waals surface area (Å²) in [6, 6.07) is 8.76. The highest BCUT2D eigenvalue weighted by Gasteiger charge is 2.28. The van der Waals surface area contributed by atoms with Crippen LogP contribution in [0.4, 0.5) is 9.59 Å². The molecule has 1 aromatic carbocycles. The molecule has 1 aliphatic heterocycles. The molecule has 32 heavy (non-hydrogen) atoms. The van der Waals surface area contributed by atoms with E-state index in [1.54, 1.807) is 25.7 Å². The first-order chi connectivity index (χ1) is 15.2. The molecule has 0 aliphatic carbocycles. The van der Waals surface area contributed by atoms with E-state index in [1.165, 1.54) is 0 Å². The second-order valence-corrected chi connectivity index (χ2v) is 8.62. The van der Waals surface area contributed by atoms with Gasteiger partial charge in [-0.3, -0.25) is 4.79 Å². The van der Waals surface area contributed by atoms with Gasteiger partial charge in [0.1, 0.15) is 18.2 Å². The van der Waals surface area contributed by atoms with E-state index in [9.17, 15) is 14.4 Å². The largest absolute Gasteiger partial charge is 0.445 e. The zero-order valence-corrected chi connectivity index (χ0v) is 19.2. The maximum Gasteiger partial charge on any atom is 0.408 e. The summed E-state index contributed by atoms with van der Waals surface area (Å²) in [5.41, 5.74) is 0.265. The van der Waals surface area contributed by atoms with Gasteiger partial charge in [0.15, 0.2) is 0 Å². The number of nitrogens with zero attached hydrogens (tertiary/aromatic N) is 1. The summed E-state index contributed by atoms with van der Waals surface area (Å²) in [5.74, 6) is -0.144. The van der Waals surface area contributed by atoms with Crippen LogP contribution >= 0.6 is 0 Å². The fourth-order valence-electron chi connectivity index (χ4n) is 3.15. The van der Waals surface area contributed by atoms with Crippen LogP contribution in [0.3, 0.4) is 0 Å². The summed E-state index contributed by atoms with van der Waals surface area (Å²) < 4.78 is 15.8. The number of benzene rings is 1. The number of unbranched alkanes of at least 4 members (excludes halogenated alkanes) is 1. The molecule has 9 heteroatoms. The first-order valence-corrected chi connectivity index (χ1v) is 11.1. The lowest BCUT2D eigenvalue weighted by molar-refractivity contribution is -0.137. The Bertz CT molecular complexity index is 729. The minimum Gasteiger partial charge on any atom is -0.445 e. The standard InChI is InChI=1S/C23H35N3O6/c1-23(2,3)32-22(29)25-19(20(27)26-13-15-30-16-14-26)11-7-8-12-24-21(28)31-17-18-9-5-4-6-10-18/h4-6,9-10,19H,7-8,11-17H2,1-3H3,(H,24,28)(H,25,29)/t19-/m0/s1. The van der Waals surface area contributed by atoms with Crippen LogP contribution in [0, 0.1) is 0 Å². The van der Waals surface area contributed by atoms with Crippen LogP contribution in [-0.2, 0) is 25.6 Å². The molecule has 0 spiro atoms. The van der Waals surface area contributed by atoms with Crippen molar-refractivity contribution < 1.29 is 28.6 Å². The molecule has 0 saturated carbocycles. The van der Waals surface area contributed by atoms with Crippen LogP contribution in [0.25, 0.3) is 0 Å². The molecule has 3 amide bonds. The molecule has 1 saturated heterocycles. The number of carbonyl (C=O) groups is 3. The molecule has 1 fully saturated rings. The van der Waals surface area contributed by atoms with E-state index in [2.05, 4.69) is 10.6 Å². The van der Waals surface area contributed by atoms with Crippen LogP contribution in [0.1, 0.15) is 45.6 Å². The van der Waals surface area contributed by atoms with Gasteiger partial charge in [0.05, 0.1) is 13.2 Å². The van der Waals surface area contributed by atoms with Gasteiger partial charge in [0.2, 0.25) is 5.91 Å². The Morgan fingerprint density at radius 2 is 1.75 bits per heavy atom. The Balaban J connectivity index is 1.75. The van der Waals surface area contributed by atoms with Crippen molar-refractivity contribution in [2.45, 2.75) is 58.3 Å². The number of hydrogen-bond donors (Lipinski definition) is 2. The molecule has 1 aromatic rings. The monoisotopic (exact) mass is 449 g/mol. The normalized spacial score (nSPS) is 14.9. The topological polar surface area (TPSA) is 106 Å². The Kier molecular flexibility index (Phi) is 10.3. The maximum absolute atomic E-state index is 12.9. The summed E-state index contributed by atoms with van der Waals surface area (Å²) in [6.07, 6.45) is 0.614. The van der Waals surface area contributed by atoms with Gasteiger partial charge in [0.25, 0.3) is 0 Å². The van der Waals surface area contributed by atoms with Gasteiger partial charge in [0, 0.05) is 19.6 Å². The third-order valence-electron chi connectivity index (χ3n) is 4.71. The fraction of sp³-hybridized carbons (Fsp3) is 0.609. The number of amides is 3. The smallest absolute Gasteiger partial charge is 0.408 e. The van der Waals surface area contributed by atoms with Crippen molar-refractivity contribution in [1.29, 1.82) is 0 Å². The van der Waals surface area contributed by atoms with Crippen LogP contribution in [0.5, 0.6) is 0 Å². The summed E-state index contributed by atoms with van der Waals surface area (Å²) in [7, 11) is 0. The number of hydrogen-bond acceptors (Lipinski definition) is 6. The average molecular weight is 450 g/mol. The van der Waals surface area contributed by atoms with Crippen LogP contribution < -0.4 is 10.6 Å². The minimum absolute atomic E-state index is 0.144. The molecule has 9 nitrogen and oxygen atoms in total. The molecule has 1 atom stereocenters. The number of carbonyl (C=O) groups excluding carboxylic acids is 3. The lowest BCUT2D eigenvalue weighted by Crippen LogP contribution is -2.52. The molecule has 0 unspecified atom stereocenters. The third kappa shape index (κ3) is 10.00. The van der Waals surface area contributed by atoms with Crippen molar-refractivity contribution in [1.82, 2.24) is 15.5 Å². The Labute approximate surface area is 189 Å². The van der Waals surface area contributed by atoms with Gasteiger partial charge in [-0.1, -0.05) is 30.3 Å². The van der Waals surface area contributed by atoms with Crippen LogP contribution in [0.2, 0.25) is 0 Å². The van der Waals surface area contributed by atoms with Crippen molar-refractivity contribution >= 4 is 18.1 Å². The zero-order chi connectivity index (χ0) is 23.4. The van der Waals surface area contributed by atoms with E-state index >= 15 is 0 Å². The predicted molar refractivity (Wildman–Crippen MR) is 119 cm³/mol. The van der Waals surface area contributed by atoms with Gasteiger partial charge >= 0.3 is 12.2 Å². The molecule has 0 aromatic heterocycles. The summed E-state index contributed by atoms with van der Waals surface area (Å²) in [6.45, 7) is 7.91. The van der Waals surface area contributed by atoms with Gasteiger partial charge in [-0.05, 0) is 45.6 Å². The number of morpholine rings is 1. The average Bonchev–Trinajstić information content (AvgIpc) is 2.76. The van der Waals surface area contributed by atoms with Gasteiger partial charge in [-0.2, -0.15) is 0 Å². The summed E-state index contributed by atoms with van der Waals surface area (Å²) >= 11 is 0. The lowest BCUT2D eigenvalue weighted by Gasteiger charge is -2.31. The van der Waals surface area contributed by atoms with Gasteiger partial charge in [-0.25, -0.2) is 9.59 Å². The van der Waals surface area contributed by atoms with E-state index in [0.717, 1.165) is 5.56 Å². The number of rotatable bonds is 9. The SMILES string of the molecule is CC(C)(C)OC(=O)N[C@@H](CCCCNC(=O)OCc1ccccc1)C(=O)N1CCOCC1. The van der Waals surface area contributed by atoms with Crippen molar-refractivity contribution in [3.05, 3.63) is 35.9 Å². The van der Waals surface area contributed by atoms with Gasteiger partial charge in [-0.15, -0.1) is 0 Å². The minimum atomic E-state index is -0.687. The number of alkyl carbamates (subject to hydrolysis) is 2. The van der Waals surface area contributed by atoms with Gasteiger partial charge < -0.3 is 29.7 Å². The quantitative estimate of drug-likeness (QED) is 0.562. The molecule has 1 aliphatic rings. The summed E-state index contributed by atoms with van der Waals surface area (Å²) in [4.78, 5) is 38.6. The van der Waals surface area contributed by atoms with Crippen molar-refractivity contribution in [2.24, 2.45) is 0 Å². The van der Waals surface area contributed by atoms with E-state index in [-0.39, 0.29) is 12.5 Å². The molecule has 0 bridgehead atoms. The fourth-order valence-corrected chi connectivity index (χ4v) is 3.15. The predicted octanol–water partition coefficient (Wildman–Crippen LogP) is 2.84. The Morgan fingerprint density at radius 3 is 2.41 bits per heavy atom. The molecule has 178 valence electrons. The summed E-state index contributed by atoms with van der Waals surface area (Å²) in [5, 5.41) is 5.41. The molecule has 2 N–H and O–H groups in total. The van der Waals surface area contributed by atoms with Crippen LogP contribution in [0.15, 0.2) is 30.3 Å². The first-order valence-electron chi connectivity index (χ1n) is 11.1. The van der Waals surface area contributed by atoms with E-state index in [1.807, 2.05) is 30.3 Å². The zero-order valence-electron chi connectivity index (χ0n) is 19.2. The second kappa shape index (κ2) is 12.9. The highest BCUT2D eigenvalue weighted by Crippen LogP contribution is 2.11. The van der Waals surface area contributed by atoms with Crippen molar-refractivity contribution in [3.8, 4) is 0 Å². The third-order valence-corrected chi connectivity index (χ3v) is 4.71. The Morgan fingerprint density at radius 1 is 1.06 bits per heavy atom. The van der Waals surface area contributed by atoms with Crippen LogP contribution in [-0.4, -0.2) is 67.5 Å². The molecular formula is C23H35N3O6. The van der Waals surface area contributed by atoms with E-state index in [4.69, 9.17) is 14.2 Å². The lowest BCUT2D eigenvalue weighted by atomic mass is 10.1. The van der Waals surface area contributed by atoms with E-state index in [0.29, 0.717) is 52.1 Å². The number of nitrogens with one attached hydrogen (secondary N) is 2. The molecular weight excluding hydrogens is 414 g/mol. The van der Waals surface area contributed by atoms with E-state index < -0.39 is 23.8 Å². The molecule has 1 heterocycles. The highest BCUT2D eigenvalue weighted by molar-refractivity contribution is 5.85. The van der Waals surface area contributed by atoms with Crippen molar-refractivity contribution in [3.63, 3.8) is 0 Å². The molecule has 2 rings (SSSR count). The number of ether oxygens (including phenoxy) is 3. The second-order valence-electron chi connectivity index (χ2n) is 8.62. The Hall–Kier alpha value is -2.81. The highest BCUT2D eigenvalue weighted by atomic mass is 16.6. The van der Waals surface area contributed by atoms with Crippen molar-refractivity contribution in [2.75, 3.05) is 32.8 Å². The maximum atomic E-state index is 12.9.